The summed E-state index contributed by atoms with van der Waals surface area (Å²) in [5.74, 6) is 0.770. The van der Waals surface area contributed by atoms with Crippen molar-refractivity contribution in [1.29, 1.82) is 0 Å². The van der Waals surface area contributed by atoms with Crippen molar-refractivity contribution >= 4 is 17.1 Å². The molecule has 0 aliphatic carbocycles. The number of fused-ring (bicyclic) bond motifs is 1. The van der Waals surface area contributed by atoms with Gasteiger partial charge in [0.15, 0.2) is 11.6 Å². The Balaban J connectivity index is 1.51. The monoisotopic (exact) mass is 360 g/mol. The predicted octanol–water partition coefficient (Wildman–Crippen LogP) is 3.15. The second-order valence-corrected chi connectivity index (χ2v) is 6.40. The predicted molar refractivity (Wildman–Crippen MR) is 106 cm³/mol. The average Bonchev–Trinajstić information content (AvgIpc) is 3.10. The zero-order valence-corrected chi connectivity index (χ0v) is 14.7. The van der Waals surface area contributed by atoms with E-state index in [0.717, 1.165) is 35.5 Å². The Morgan fingerprint density at radius 3 is 2.70 bits per heavy atom. The number of anilines is 1. The number of nitrogens with one attached hydrogen (secondary N) is 1. The van der Waals surface area contributed by atoms with Crippen LogP contribution in [0.4, 0.5) is 5.69 Å². The van der Waals surface area contributed by atoms with Crippen LogP contribution in [0.3, 0.4) is 0 Å². The number of allylic oxidation sites excluding steroid dienone is 3. The Hall–Kier alpha value is -3.67. The molecule has 0 unspecified atom stereocenters. The van der Waals surface area contributed by atoms with Gasteiger partial charge in [-0.25, -0.2) is 5.06 Å². The third-order valence-corrected chi connectivity index (χ3v) is 4.62. The lowest BCUT2D eigenvalue weighted by atomic mass is 10.0. The van der Waals surface area contributed by atoms with Gasteiger partial charge in [-0.05, 0) is 65.6 Å². The first-order chi connectivity index (χ1) is 13.1. The van der Waals surface area contributed by atoms with E-state index in [1.807, 2.05) is 17.3 Å². The number of hydrogen-bond acceptors (Lipinski definition) is 5. The number of nitrogens with zero attached hydrogens (tertiary/aromatic N) is 2. The molecule has 4 N–H and O–H groups in total. The summed E-state index contributed by atoms with van der Waals surface area (Å²) in [5.41, 5.74) is 11.7. The summed E-state index contributed by atoms with van der Waals surface area (Å²) >= 11 is 0. The standard InChI is InChI=1S/C21H20N4O2/c1-14-2-3-18(13-23-14)16-6-9-20-17(12-16)10-11-25(20)27-19-7-4-15(5-8-19)21(22)24-26/h2-9,12-13,23,26H,1,10-11H2,(H2,22,24). The Labute approximate surface area is 157 Å². The molecule has 0 atom stereocenters. The summed E-state index contributed by atoms with van der Waals surface area (Å²) in [5, 5.41) is 16.8. The van der Waals surface area contributed by atoms with E-state index in [-0.39, 0.29) is 5.84 Å². The lowest BCUT2D eigenvalue weighted by Crippen LogP contribution is -2.24. The third-order valence-electron chi connectivity index (χ3n) is 4.62. The van der Waals surface area contributed by atoms with Gasteiger partial charge < -0.3 is 21.1 Å². The normalized spacial score (nSPS) is 16.0. The molecule has 0 saturated heterocycles. The van der Waals surface area contributed by atoms with Crippen molar-refractivity contribution in [2.75, 3.05) is 11.6 Å². The number of amidine groups is 1. The number of hydroxylamine groups is 1. The fourth-order valence-corrected chi connectivity index (χ4v) is 3.15. The molecule has 2 heterocycles. The van der Waals surface area contributed by atoms with Crippen LogP contribution in [0.2, 0.25) is 0 Å². The lowest BCUT2D eigenvalue weighted by Gasteiger charge is -2.20. The third kappa shape index (κ3) is 3.37. The lowest BCUT2D eigenvalue weighted by molar-refractivity contribution is 0.288. The van der Waals surface area contributed by atoms with Crippen LogP contribution in [0.15, 0.2) is 78.2 Å². The van der Waals surface area contributed by atoms with Gasteiger partial charge in [0, 0.05) is 17.5 Å². The molecule has 0 saturated carbocycles. The Kier molecular flexibility index (Phi) is 4.30. The first-order valence-corrected chi connectivity index (χ1v) is 8.64. The van der Waals surface area contributed by atoms with E-state index in [4.69, 9.17) is 15.8 Å². The maximum atomic E-state index is 8.73. The molecule has 2 aromatic carbocycles. The molecule has 0 fully saturated rings. The molecular formula is C21H20N4O2. The van der Waals surface area contributed by atoms with Crippen LogP contribution < -0.4 is 21.0 Å². The maximum absolute atomic E-state index is 8.73. The first-order valence-electron chi connectivity index (χ1n) is 8.64. The van der Waals surface area contributed by atoms with Crippen LogP contribution in [-0.2, 0) is 6.42 Å². The fourth-order valence-electron chi connectivity index (χ4n) is 3.15. The summed E-state index contributed by atoms with van der Waals surface area (Å²) in [6.07, 6.45) is 6.92. The largest absolute Gasteiger partial charge is 0.409 e. The molecular weight excluding hydrogens is 340 g/mol. The minimum absolute atomic E-state index is 0.0738. The number of oxime groups is 1. The maximum Gasteiger partial charge on any atom is 0.170 e. The molecule has 0 bridgehead atoms. The van der Waals surface area contributed by atoms with Gasteiger partial charge in [-0.2, -0.15) is 0 Å². The SMILES string of the molecule is C=C1C=CC(c2ccc3c(c2)CCN3Oc2ccc(C(N)=NO)cc2)=CN1. The second-order valence-electron chi connectivity index (χ2n) is 6.40. The fraction of sp³-hybridized carbons (Fsp3) is 0.0952. The zero-order valence-electron chi connectivity index (χ0n) is 14.7. The molecule has 27 heavy (non-hydrogen) atoms. The summed E-state index contributed by atoms with van der Waals surface area (Å²) in [4.78, 5) is 6.01. The topological polar surface area (TPSA) is 83.1 Å². The number of hydrogen-bond donors (Lipinski definition) is 3. The van der Waals surface area contributed by atoms with E-state index in [1.54, 1.807) is 24.3 Å². The molecule has 2 aliphatic heterocycles. The summed E-state index contributed by atoms with van der Waals surface area (Å²) in [6.45, 7) is 4.66. The van der Waals surface area contributed by atoms with Crippen LogP contribution >= 0.6 is 0 Å². The van der Waals surface area contributed by atoms with E-state index in [9.17, 15) is 0 Å². The molecule has 6 heteroatoms. The Morgan fingerprint density at radius 1 is 1.19 bits per heavy atom. The van der Waals surface area contributed by atoms with Crippen molar-refractivity contribution in [3.8, 4) is 5.75 Å². The van der Waals surface area contributed by atoms with E-state index in [0.29, 0.717) is 11.3 Å². The molecule has 2 aromatic rings. The van der Waals surface area contributed by atoms with Gasteiger partial charge in [0.05, 0.1) is 12.2 Å². The van der Waals surface area contributed by atoms with Crippen LogP contribution in [0.1, 0.15) is 16.7 Å². The second kappa shape index (κ2) is 6.92. The summed E-state index contributed by atoms with van der Waals surface area (Å²) < 4.78 is 0. The van der Waals surface area contributed by atoms with Crippen LogP contribution in [0.25, 0.3) is 5.57 Å². The van der Waals surface area contributed by atoms with Crippen LogP contribution in [-0.4, -0.2) is 17.6 Å². The highest BCUT2D eigenvalue weighted by atomic mass is 16.7. The van der Waals surface area contributed by atoms with Crippen molar-refractivity contribution in [2.45, 2.75) is 6.42 Å². The number of nitrogens with two attached hydrogens (primary N) is 1. The molecule has 136 valence electrons. The molecule has 0 amide bonds. The number of rotatable bonds is 4. The van der Waals surface area contributed by atoms with Crippen LogP contribution in [0.5, 0.6) is 5.75 Å². The van der Waals surface area contributed by atoms with Gasteiger partial charge in [-0.1, -0.05) is 23.9 Å². The van der Waals surface area contributed by atoms with E-state index >= 15 is 0 Å². The minimum atomic E-state index is 0.0738. The highest BCUT2D eigenvalue weighted by molar-refractivity contribution is 5.97. The molecule has 0 aromatic heterocycles. The molecule has 2 aliphatic rings. The van der Waals surface area contributed by atoms with E-state index in [2.05, 4.69) is 41.3 Å². The van der Waals surface area contributed by atoms with Gasteiger partial charge in [0.1, 0.15) is 0 Å². The van der Waals surface area contributed by atoms with Crippen molar-refractivity contribution in [1.82, 2.24) is 5.32 Å². The Morgan fingerprint density at radius 2 is 2.00 bits per heavy atom. The molecule has 4 rings (SSSR count). The van der Waals surface area contributed by atoms with E-state index < -0.39 is 0 Å². The molecule has 0 spiro atoms. The summed E-state index contributed by atoms with van der Waals surface area (Å²) in [6, 6.07) is 13.5. The smallest absolute Gasteiger partial charge is 0.170 e. The summed E-state index contributed by atoms with van der Waals surface area (Å²) in [7, 11) is 0. The molecule has 0 radical (unpaired) electrons. The molecule has 6 nitrogen and oxygen atoms in total. The highest BCUT2D eigenvalue weighted by Gasteiger charge is 2.21. The quantitative estimate of drug-likeness (QED) is 0.338. The van der Waals surface area contributed by atoms with Crippen molar-refractivity contribution in [2.24, 2.45) is 10.9 Å². The number of dihydropyridines is 1. The van der Waals surface area contributed by atoms with E-state index in [1.165, 1.54) is 5.56 Å². The zero-order chi connectivity index (χ0) is 18.8. The van der Waals surface area contributed by atoms with Gasteiger partial charge >= 0.3 is 0 Å². The first kappa shape index (κ1) is 16.8. The van der Waals surface area contributed by atoms with Gasteiger partial charge in [0.2, 0.25) is 0 Å². The van der Waals surface area contributed by atoms with Gasteiger partial charge in [-0.15, -0.1) is 0 Å². The van der Waals surface area contributed by atoms with Gasteiger partial charge in [0.25, 0.3) is 0 Å². The van der Waals surface area contributed by atoms with Crippen LogP contribution in [0, 0.1) is 0 Å². The average molecular weight is 360 g/mol. The Bertz CT molecular complexity index is 974. The highest BCUT2D eigenvalue weighted by Crippen LogP contribution is 2.32. The number of benzene rings is 2. The van der Waals surface area contributed by atoms with Crippen molar-refractivity contribution < 1.29 is 10.0 Å². The minimum Gasteiger partial charge on any atom is -0.409 e. The van der Waals surface area contributed by atoms with Crippen molar-refractivity contribution in [3.05, 3.63) is 89.8 Å². The van der Waals surface area contributed by atoms with Crippen molar-refractivity contribution in [3.63, 3.8) is 0 Å². The van der Waals surface area contributed by atoms with Gasteiger partial charge in [-0.3, -0.25) is 0 Å².